The predicted octanol–water partition coefficient (Wildman–Crippen LogP) is 4.28. The molecule has 0 bridgehead atoms. The Labute approximate surface area is 167 Å². The highest BCUT2D eigenvalue weighted by Gasteiger charge is 2.55. The number of allylic oxidation sites excluding steroid dienone is 3. The molecular weight excluding hydrogens is 355 g/mol. The summed E-state index contributed by atoms with van der Waals surface area (Å²) in [6.07, 6.45) is 0.455. The second-order valence-corrected chi connectivity index (χ2v) is 8.47. The van der Waals surface area contributed by atoms with Crippen molar-refractivity contribution in [2.75, 3.05) is 14.2 Å². The van der Waals surface area contributed by atoms with Crippen LogP contribution in [-0.4, -0.2) is 38.3 Å². The summed E-state index contributed by atoms with van der Waals surface area (Å²) in [6.45, 7) is 12.0. The van der Waals surface area contributed by atoms with Crippen LogP contribution in [0.15, 0.2) is 34.8 Å². The summed E-state index contributed by atoms with van der Waals surface area (Å²) >= 11 is 0. The average Bonchev–Trinajstić information content (AvgIpc) is 2.83. The lowest BCUT2D eigenvalue weighted by Gasteiger charge is -2.32. The van der Waals surface area contributed by atoms with Gasteiger partial charge in [-0.1, -0.05) is 5.57 Å². The van der Waals surface area contributed by atoms with Gasteiger partial charge in [0.2, 0.25) is 0 Å². The molecule has 0 N–H and O–H groups in total. The molecule has 0 radical (unpaired) electrons. The van der Waals surface area contributed by atoms with Crippen molar-refractivity contribution >= 4 is 18.7 Å². The fourth-order valence-electron chi connectivity index (χ4n) is 3.61. The summed E-state index contributed by atoms with van der Waals surface area (Å²) < 4.78 is 23.8. The molecule has 0 aromatic heterocycles. The van der Waals surface area contributed by atoms with Crippen LogP contribution in [0.1, 0.15) is 52.2 Å². The number of hydrogen-bond donors (Lipinski definition) is 0. The number of methoxy groups -OCH3 is 2. The van der Waals surface area contributed by atoms with Gasteiger partial charge in [-0.2, -0.15) is 0 Å². The lowest BCUT2D eigenvalue weighted by atomic mass is 9.65. The third-order valence-electron chi connectivity index (χ3n) is 6.02. The van der Waals surface area contributed by atoms with E-state index in [1.807, 2.05) is 59.7 Å². The van der Waals surface area contributed by atoms with Crippen molar-refractivity contribution in [3.05, 3.63) is 45.9 Å². The van der Waals surface area contributed by atoms with Gasteiger partial charge in [0.1, 0.15) is 11.5 Å². The lowest BCUT2D eigenvalue weighted by molar-refractivity contribution is -0.116. The normalized spacial score (nSPS) is 21.4. The smallest absolute Gasteiger partial charge is 0.497 e. The number of hydrogen-bond acceptors (Lipinski definition) is 5. The van der Waals surface area contributed by atoms with Gasteiger partial charge in [-0.3, -0.25) is 4.79 Å². The maximum Gasteiger partial charge on any atom is 0.499 e. The minimum absolute atomic E-state index is 0.0860. The molecule has 0 unspecified atom stereocenters. The zero-order valence-electron chi connectivity index (χ0n) is 18.1. The van der Waals surface area contributed by atoms with Crippen LogP contribution in [0.25, 0.3) is 5.76 Å². The number of aryl methyl sites for hydroxylation is 1. The number of ketones is 1. The van der Waals surface area contributed by atoms with Crippen LogP contribution in [-0.2, 0) is 18.8 Å². The largest absolute Gasteiger partial charge is 0.499 e. The molecular formula is C22H29BO5. The quantitative estimate of drug-likeness (QED) is 0.560. The second kappa shape index (κ2) is 7.09. The predicted molar refractivity (Wildman–Crippen MR) is 110 cm³/mol. The molecule has 1 aromatic carbocycles. The van der Waals surface area contributed by atoms with E-state index in [4.69, 9.17) is 18.8 Å². The third kappa shape index (κ3) is 3.29. The third-order valence-corrected chi connectivity index (χ3v) is 6.02. The fraction of sp³-hybridized carbons (Fsp3) is 0.500. The van der Waals surface area contributed by atoms with E-state index in [0.29, 0.717) is 23.2 Å². The molecule has 0 saturated carbocycles. The fourth-order valence-corrected chi connectivity index (χ4v) is 3.61. The Kier molecular flexibility index (Phi) is 5.23. The molecule has 2 aliphatic rings. The van der Waals surface area contributed by atoms with Crippen molar-refractivity contribution in [2.24, 2.45) is 0 Å². The van der Waals surface area contributed by atoms with Crippen LogP contribution in [0.5, 0.6) is 5.75 Å². The number of carbonyl (C=O) groups is 1. The molecule has 1 aliphatic heterocycles. The van der Waals surface area contributed by atoms with E-state index in [0.717, 1.165) is 22.4 Å². The maximum atomic E-state index is 12.5. The molecule has 6 heteroatoms. The molecule has 0 atom stereocenters. The standard InChI is InChI=1S/C22H29BO5/c1-13-11-15(25-7)9-10-16(13)20(26-8)19(18-14(2)12-17(18)24)23-27-21(3,4)22(5,6)28-23/h9-11H,12H2,1-8H3/b20-19-. The number of carbonyl (C=O) groups excluding carboxylic acids is 1. The molecule has 150 valence electrons. The van der Waals surface area contributed by atoms with Gasteiger partial charge in [-0.25, -0.2) is 0 Å². The minimum Gasteiger partial charge on any atom is -0.497 e. The highest BCUT2D eigenvalue weighted by atomic mass is 16.7. The Morgan fingerprint density at radius 3 is 2.11 bits per heavy atom. The molecule has 28 heavy (non-hydrogen) atoms. The average molecular weight is 384 g/mol. The number of benzene rings is 1. The first-order valence-corrected chi connectivity index (χ1v) is 9.54. The van der Waals surface area contributed by atoms with Crippen LogP contribution in [0.2, 0.25) is 0 Å². The second-order valence-electron chi connectivity index (χ2n) is 8.47. The van der Waals surface area contributed by atoms with E-state index < -0.39 is 18.3 Å². The van der Waals surface area contributed by atoms with E-state index >= 15 is 0 Å². The SMILES string of the molecule is CO/C(=C(\B1OC(C)(C)C(C)(C)O1)C1=C(C)CC1=O)c1ccc(OC)cc1C. The summed E-state index contributed by atoms with van der Waals surface area (Å²) in [7, 11) is 2.57. The number of ether oxygens (including phenoxy) is 2. The van der Waals surface area contributed by atoms with Crippen LogP contribution >= 0.6 is 0 Å². The monoisotopic (exact) mass is 384 g/mol. The van der Waals surface area contributed by atoms with Gasteiger partial charge in [0.25, 0.3) is 0 Å². The summed E-state index contributed by atoms with van der Waals surface area (Å²) in [6, 6.07) is 5.77. The van der Waals surface area contributed by atoms with Crippen molar-refractivity contribution in [1.29, 1.82) is 0 Å². The molecule has 1 fully saturated rings. The minimum atomic E-state index is -0.685. The molecule has 0 spiro atoms. The number of rotatable bonds is 5. The van der Waals surface area contributed by atoms with Crippen molar-refractivity contribution in [3.8, 4) is 5.75 Å². The summed E-state index contributed by atoms with van der Waals surface area (Å²) in [5.74, 6) is 1.45. The van der Waals surface area contributed by atoms with Gasteiger partial charge < -0.3 is 18.8 Å². The summed E-state index contributed by atoms with van der Waals surface area (Å²) in [5.41, 5.74) is 3.18. The molecule has 5 nitrogen and oxygen atoms in total. The highest BCUT2D eigenvalue weighted by Crippen LogP contribution is 2.45. The van der Waals surface area contributed by atoms with Crippen molar-refractivity contribution in [1.82, 2.24) is 0 Å². The topological polar surface area (TPSA) is 54.0 Å². The Bertz CT molecular complexity index is 863. The number of Topliss-reactive ketones (excluding diaryl/α,β-unsaturated/α-hetero) is 1. The highest BCUT2D eigenvalue weighted by molar-refractivity contribution is 6.59. The van der Waals surface area contributed by atoms with Crippen molar-refractivity contribution in [3.63, 3.8) is 0 Å². The maximum absolute atomic E-state index is 12.5. The van der Waals surface area contributed by atoms with Crippen LogP contribution in [0.3, 0.4) is 0 Å². The Morgan fingerprint density at radius 2 is 1.68 bits per heavy atom. The van der Waals surface area contributed by atoms with E-state index in [-0.39, 0.29) is 5.78 Å². The van der Waals surface area contributed by atoms with E-state index in [2.05, 4.69) is 0 Å². The molecule has 3 rings (SSSR count). The molecule has 1 saturated heterocycles. The summed E-state index contributed by atoms with van der Waals surface area (Å²) in [4.78, 5) is 12.5. The zero-order valence-corrected chi connectivity index (χ0v) is 18.1. The Balaban J connectivity index is 2.21. The molecule has 1 heterocycles. The summed E-state index contributed by atoms with van der Waals surface area (Å²) in [5, 5.41) is 0. The molecule has 1 aromatic rings. The molecule has 1 aliphatic carbocycles. The van der Waals surface area contributed by atoms with E-state index in [1.165, 1.54) is 0 Å². The lowest BCUT2D eigenvalue weighted by Crippen LogP contribution is -2.41. The van der Waals surface area contributed by atoms with Gasteiger partial charge in [-0.05, 0) is 65.3 Å². The first kappa shape index (κ1) is 20.7. The van der Waals surface area contributed by atoms with Crippen molar-refractivity contribution in [2.45, 2.75) is 59.2 Å². The van der Waals surface area contributed by atoms with Crippen molar-refractivity contribution < 1.29 is 23.6 Å². The Morgan fingerprint density at radius 1 is 1.07 bits per heavy atom. The van der Waals surface area contributed by atoms with Crippen LogP contribution < -0.4 is 4.74 Å². The van der Waals surface area contributed by atoms with E-state index in [1.54, 1.807) is 14.2 Å². The van der Waals surface area contributed by atoms with E-state index in [9.17, 15) is 4.79 Å². The molecule has 0 amide bonds. The first-order chi connectivity index (χ1) is 13.0. The zero-order chi connectivity index (χ0) is 20.9. The Hall–Kier alpha value is -2.05. The van der Waals surface area contributed by atoms with Gasteiger partial charge in [-0.15, -0.1) is 0 Å². The first-order valence-electron chi connectivity index (χ1n) is 9.54. The van der Waals surface area contributed by atoms with Gasteiger partial charge >= 0.3 is 7.12 Å². The van der Waals surface area contributed by atoms with Gasteiger partial charge in [0.15, 0.2) is 5.78 Å². The van der Waals surface area contributed by atoms with Crippen LogP contribution in [0.4, 0.5) is 0 Å². The van der Waals surface area contributed by atoms with Gasteiger partial charge in [0, 0.05) is 23.0 Å². The van der Waals surface area contributed by atoms with Gasteiger partial charge in [0.05, 0.1) is 25.4 Å². The van der Waals surface area contributed by atoms with Crippen LogP contribution in [0, 0.1) is 6.92 Å².